The molecule has 1 aliphatic rings. The first-order chi connectivity index (χ1) is 11.4. The van der Waals surface area contributed by atoms with E-state index in [2.05, 4.69) is 10.0 Å². The predicted octanol–water partition coefficient (Wildman–Crippen LogP) is 2.79. The van der Waals surface area contributed by atoms with Gasteiger partial charge in [0.1, 0.15) is 0 Å². The van der Waals surface area contributed by atoms with Gasteiger partial charge in [0.05, 0.1) is 4.90 Å². The average molecular weight is 344 g/mol. The van der Waals surface area contributed by atoms with E-state index < -0.39 is 10.0 Å². The van der Waals surface area contributed by atoms with E-state index in [4.69, 9.17) is 0 Å². The Hall–Kier alpha value is -2.18. The highest BCUT2D eigenvalue weighted by molar-refractivity contribution is 7.89. The van der Waals surface area contributed by atoms with Gasteiger partial charge >= 0.3 is 0 Å². The molecule has 2 aromatic rings. The lowest BCUT2D eigenvalue weighted by Crippen LogP contribution is -2.27. The summed E-state index contributed by atoms with van der Waals surface area (Å²) in [5.41, 5.74) is 2.48. The molecule has 1 aliphatic carbocycles. The standard InChI is InChI=1S/C18H20N2O3S/c1-12-8-9-15(10-17(12)19-13(2)21)24(22,23)20-18-11-16(18)14-6-4-3-5-7-14/h3-10,16,18,20H,11H2,1-2H3,(H,19,21). The maximum Gasteiger partial charge on any atom is 0.240 e. The lowest BCUT2D eigenvalue weighted by atomic mass is 10.1. The molecule has 24 heavy (non-hydrogen) atoms. The summed E-state index contributed by atoms with van der Waals surface area (Å²) in [4.78, 5) is 11.4. The summed E-state index contributed by atoms with van der Waals surface area (Å²) >= 11 is 0. The Morgan fingerprint density at radius 1 is 1.12 bits per heavy atom. The number of carbonyl (C=O) groups excluding carboxylic acids is 1. The second-order valence-electron chi connectivity index (χ2n) is 6.14. The first-order valence-electron chi connectivity index (χ1n) is 7.82. The molecule has 0 saturated heterocycles. The van der Waals surface area contributed by atoms with E-state index in [0.29, 0.717) is 5.69 Å². The second-order valence-corrected chi connectivity index (χ2v) is 7.85. The molecule has 2 unspecified atom stereocenters. The van der Waals surface area contributed by atoms with E-state index in [1.807, 2.05) is 37.3 Å². The molecule has 0 radical (unpaired) electrons. The van der Waals surface area contributed by atoms with Gasteiger partial charge in [-0.15, -0.1) is 0 Å². The van der Waals surface area contributed by atoms with Crippen LogP contribution in [0, 0.1) is 6.92 Å². The summed E-state index contributed by atoms with van der Waals surface area (Å²) in [7, 11) is -3.61. The van der Waals surface area contributed by atoms with Crippen LogP contribution in [0.25, 0.3) is 0 Å². The Bertz CT molecular complexity index is 863. The summed E-state index contributed by atoms with van der Waals surface area (Å²) in [5.74, 6) is -0.00631. The van der Waals surface area contributed by atoms with E-state index in [1.54, 1.807) is 12.1 Å². The number of aryl methyl sites for hydroxylation is 1. The number of hydrogen-bond acceptors (Lipinski definition) is 3. The van der Waals surface area contributed by atoms with Crippen molar-refractivity contribution in [2.24, 2.45) is 0 Å². The van der Waals surface area contributed by atoms with Crippen molar-refractivity contribution in [2.75, 3.05) is 5.32 Å². The van der Waals surface area contributed by atoms with Gasteiger partial charge in [-0.2, -0.15) is 0 Å². The summed E-state index contributed by atoms with van der Waals surface area (Å²) in [5, 5.41) is 2.66. The Morgan fingerprint density at radius 3 is 2.50 bits per heavy atom. The highest BCUT2D eigenvalue weighted by Gasteiger charge is 2.41. The zero-order valence-corrected chi connectivity index (χ0v) is 14.4. The molecule has 0 bridgehead atoms. The first kappa shape index (κ1) is 16.7. The van der Waals surface area contributed by atoms with Gasteiger partial charge in [-0.05, 0) is 36.6 Å². The molecule has 0 aliphatic heterocycles. The number of rotatable bonds is 5. The zero-order chi connectivity index (χ0) is 17.3. The molecule has 2 N–H and O–H groups in total. The highest BCUT2D eigenvalue weighted by Crippen LogP contribution is 2.41. The quantitative estimate of drug-likeness (QED) is 0.876. The van der Waals surface area contributed by atoms with Crippen LogP contribution in [0.1, 0.15) is 30.4 Å². The average Bonchev–Trinajstić information content (AvgIpc) is 3.28. The van der Waals surface area contributed by atoms with Crippen LogP contribution in [0.5, 0.6) is 0 Å². The lowest BCUT2D eigenvalue weighted by Gasteiger charge is -2.11. The number of anilines is 1. The lowest BCUT2D eigenvalue weighted by molar-refractivity contribution is -0.114. The molecule has 0 aromatic heterocycles. The molecule has 1 fully saturated rings. The summed E-state index contributed by atoms with van der Waals surface area (Å²) in [6.45, 7) is 3.22. The molecule has 1 amide bonds. The Labute approximate surface area is 142 Å². The molecule has 2 aromatic carbocycles. The van der Waals surface area contributed by atoms with Crippen LogP contribution < -0.4 is 10.0 Å². The van der Waals surface area contributed by atoms with Gasteiger partial charge in [-0.1, -0.05) is 36.4 Å². The van der Waals surface area contributed by atoms with Crippen LogP contribution in [0.15, 0.2) is 53.4 Å². The third-order valence-electron chi connectivity index (χ3n) is 4.15. The fourth-order valence-corrected chi connectivity index (χ4v) is 4.07. The maximum atomic E-state index is 12.6. The van der Waals surface area contributed by atoms with Crippen LogP contribution in [0.4, 0.5) is 5.69 Å². The van der Waals surface area contributed by atoms with E-state index in [1.165, 1.54) is 13.0 Å². The van der Waals surface area contributed by atoms with Crippen molar-refractivity contribution in [2.45, 2.75) is 37.1 Å². The molecule has 0 heterocycles. The van der Waals surface area contributed by atoms with Crippen LogP contribution >= 0.6 is 0 Å². The van der Waals surface area contributed by atoms with Gasteiger partial charge in [0.25, 0.3) is 0 Å². The van der Waals surface area contributed by atoms with Crippen molar-refractivity contribution in [1.29, 1.82) is 0 Å². The topological polar surface area (TPSA) is 75.3 Å². The fourth-order valence-electron chi connectivity index (χ4n) is 2.75. The highest BCUT2D eigenvalue weighted by atomic mass is 32.2. The number of amides is 1. The normalized spacial score (nSPS) is 19.8. The van der Waals surface area contributed by atoms with Gasteiger partial charge in [0.15, 0.2) is 0 Å². The van der Waals surface area contributed by atoms with Crippen molar-refractivity contribution in [1.82, 2.24) is 4.72 Å². The number of benzene rings is 2. The van der Waals surface area contributed by atoms with Gasteiger partial charge in [0.2, 0.25) is 15.9 Å². The van der Waals surface area contributed by atoms with Gasteiger partial charge in [0, 0.05) is 24.6 Å². The first-order valence-corrected chi connectivity index (χ1v) is 9.30. The van der Waals surface area contributed by atoms with Crippen molar-refractivity contribution < 1.29 is 13.2 Å². The maximum absolute atomic E-state index is 12.6. The van der Waals surface area contributed by atoms with Crippen molar-refractivity contribution >= 4 is 21.6 Å². The van der Waals surface area contributed by atoms with E-state index in [0.717, 1.165) is 17.5 Å². The molecule has 6 heteroatoms. The monoisotopic (exact) mass is 344 g/mol. The molecule has 1 saturated carbocycles. The minimum absolute atomic E-state index is 0.0806. The fraction of sp³-hybridized carbons (Fsp3) is 0.278. The molecular weight excluding hydrogens is 324 g/mol. The Morgan fingerprint density at radius 2 is 1.83 bits per heavy atom. The number of sulfonamides is 1. The van der Waals surface area contributed by atoms with E-state index in [9.17, 15) is 13.2 Å². The van der Waals surface area contributed by atoms with Crippen molar-refractivity contribution in [3.63, 3.8) is 0 Å². The van der Waals surface area contributed by atoms with E-state index >= 15 is 0 Å². The second kappa shape index (κ2) is 6.37. The predicted molar refractivity (Wildman–Crippen MR) is 93.4 cm³/mol. The van der Waals surface area contributed by atoms with Crippen molar-refractivity contribution in [3.8, 4) is 0 Å². The summed E-state index contributed by atoms with van der Waals surface area (Å²) in [6, 6.07) is 14.6. The largest absolute Gasteiger partial charge is 0.326 e. The minimum Gasteiger partial charge on any atom is -0.326 e. The third-order valence-corrected chi connectivity index (χ3v) is 5.64. The number of hydrogen-bond donors (Lipinski definition) is 2. The van der Waals surface area contributed by atoms with Crippen LogP contribution in [-0.4, -0.2) is 20.4 Å². The minimum atomic E-state index is -3.61. The Balaban J connectivity index is 1.76. The molecule has 0 spiro atoms. The summed E-state index contributed by atoms with van der Waals surface area (Å²) in [6.07, 6.45) is 0.799. The number of nitrogens with one attached hydrogen (secondary N) is 2. The molecule has 126 valence electrons. The summed E-state index contributed by atoms with van der Waals surface area (Å²) < 4.78 is 27.9. The smallest absolute Gasteiger partial charge is 0.240 e. The van der Waals surface area contributed by atoms with Gasteiger partial charge in [-0.3, -0.25) is 4.79 Å². The van der Waals surface area contributed by atoms with Crippen molar-refractivity contribution in [3.05, 3.63) is 59.7 Å². The molecule has 2 atom stereocenters. The molecule has 3 rings (SSSR count). The van der Waals surface area contributed by atoms with Crippen LogP contribution in [0.2, 0.25) is 0 Å². The van der Waals surface area contributed by atoms with Crippen LogP contribution in [0.3, 0.4) is 0 Å². The van der Waals surface area contributed by atoms with Gasteiger partial charge < -0.3 is 5.32 Å². The zero-order valence-electron chi connectivity index (χ0n) is 13.6. The van der Waals surface area contributed by atoms with Crippen LogP contribution in [-0.2, 0) is 14.8 Å². The van der Waals surface area contributed by atoms with E-state index in [-0.39, 0.29) is 22.8 Å². The molecule has 5 nitrogen and oxygen atoms in total. The third kappa shape index (κ3) is 3.66. The molecular formula is C18H20N2O3S. The number of carbonyl (C=O) groups is 1. The Kier molecular flexibility index (Phi) is 4.43. The SMILES string of the molecule is CC(=O)Nc1cc(S(=O)(=O)NC2CC2c2ccccc2)ccc1C. The van der Waals surface area contributed by atoms with Gasteiger partial charge in [-0.25, -0.2) is 13.1 Å².